The number of pyridine rings is 1. The van der Waals surface area contributed by atoms with Crippen molar-refractivity contribution in [2.75, 3.05) is 25.1 Å². The zero-order valence-electron chi connectivity index (χ0n) is 15.9. The van der Waals surface area contributed by atoms with Gasteiger partial charge in [-0.15, -0.1) is 0 Å². The van der Waals surface area contributed by atoms with E-state index < -0.39 is 0 Å². The summed E-state index contributed by atoms with van der Waals surface area (Å²) in [5, 5.41) is 13.6. The molecule has 1 heterocycles. The highest BCUT2D eigenvalue weighted by atomic mass is 32.1. The number of nitrogens with zero attached hydrogens (tertiary/aromatic N) is 1. The van der Waals surface area contributed by atoms with Crippen molar-refractivity contribution >= 4 is 33.9 Å². The molecule has 6 nitrogen and oxygen atoms in total. The maximum Gasteiger partial charge on any atom is 0.253 e. The molecular formula is C21H22FN3O3S. The molecule has 3 aromatic rings. The van der Waals surface area contributed by atoms with Crippen LogP contribution in [-0.4, -0.2) is 39.9 Å². The van der Waals surface area contributed by atoms with Gasteiger partial charge in [-0.05, 0) is 67.7 Å². The number of nitrogens with one attached hydrogen (secondary N) is 2. The number of fused-ring (bicyclic) bond motifs is 1. The SMILES string of the molecule is CCOc1ccc2[nH]c(=O)c(CN(CCO)C(=S)Nc3ccc(F)cc3)cc2c1. The van der Waals surface area contributed by atoms with Crippen LogP contribution in [0.25, 0.3) is 10.9 Å². The van der Waals surface area contributed by atoms with Crippen molar-refractivity contribution in [1.29, 1.82) is 0 Å². The molecule has 0 spiro atoms. The lowest BCUT2D eigenvalue weighted by molar-refractivity contribution is 0.248. The molecule has 0 unspecified atom stereocenters. The first-order valence-electron chi connectivity index (χ1n) is 9.21. The zero-order chi connectivity index (χ0) is 20.8. The van der Waals surface area contributed by atoms with Crippen LogP contribution in [0.15, 0.2) is 53.3 Å². The van der Waals surface area contributed by atoms with E-state index in [0.717, 1.165) is 11.1 Å². The molecule has 0 atom stereocenters. The molecule has 3 N–H and O–H groups in total. The Balaban J connectivity index is 1.84. The lowest BCUT2D eigenvalue weighted by atomic mass is 10.1. The van der Waals surface area contributed by atoms with E-state index in [0.29, 0.717) is 28.5 Å². The third kappa shape index (κ3) is 5.30. The first-order valence-corrected chi connectivity index (χ1v) is 9.62. The van der Waals surface area contributed by atoms with E-state index in [1.54, 1.807) is 35.2 Å². The Morgan fingerprint density at radius 1 is 1.24 bits per heavy atom. The highest BCUT2D eigenvalue weighted by molar-refractivity contribution is 7.80. The van der Waals surface area contributed by atoms with Crippen LogP contribution in [-0.2, 0) is 6.54 Å². The van der Waals surface area contributed by atoms with Gasteiger partial charge in [0.05, 0.1) is 19.8 Å². The standard InChI is InChI=1S/C21H22FN3O3S/c1-2-28-18-7-8-19-14(12-18)11-15(20(27)24-19)13-25(9-10-26)21(29)23-17-5-3-16(22)4-6-17/h3-8,11-12,26H,2,9-10,13H2,1H3,(H,23,29)(H,24,27). The average Bonchev–Trinajstić information content (AvgIpc) is 2.70. The number of aliphatic hydroxyl groups is 1. The fourth-order valence-corrected chi connectivity index (χ4v) is 3.19. The van der Waals surface area contributed by atoms with E-state index in [1.165, 1.54) is 12.1 Å². The van der Waals surface area contributed by atoms with Crippen LogP contribution in [0.1, 0.15) is 12.5 Å². The molecule has 0 bridgehead atoms. The summed E-state index contributed by atoms with van der Waals surface area (Å²) in [7, 11) is 0. The number of hydrogen-bond acceptors (Lipinski definition) is 4. The Morgan fingerprint density at radius 3 is 2.69 bits per heavy atom. The van der Waals surface area contributed by atoms with E-state index in [4.69, 9.17) is 17.0 Å². The summed E-state index contributed by atoms with van der Waals surface area (Å²) in [6.45, 7) is 2.77. The number of thiocarbonyl (C=S) groups is 1. The number of anilines is 1. The molecular weight excluding hydrogens is 393 g/mol. The van der Waals surface area contributed by atoms with Crippen molar-refractivity contribution in [3.63, 3.8) is 0 Å². The van der Waals surface area contributed by atoms with Crippen molar-refractivity contribution < 1.29 is 14.2 Å². The molecule has 29 heavy (non-hydrogen) atoms. The molecule has 0 amide bonds. The van der Waals surface area contributed by atoms with Gasteiger partial charge in [0.25, 0.3) is 5.56 Å². The van der Waals surface area contributed by atoms with Gasteiger partial charge in [-0.25, -0.2) is 4.39 Å². The van der Waals surface area contributed by atoms with Gasteiger partial charge in [-0.2, -0.15) is 0 Å². The average molecular weight is 415 g/mol. The van der Waals surface area contributed by atoms with Crippen molar-refractivity contribution in [3.8, 4) is 5.75 Å². The summed E-state index contributed by atoms with van der Waals surface area (Å²) < 4.78 is 18.6. The normalized spacial score (nSPS) is 10.7. The number of aliphatic hydroxyl groups excluding tert-OH is 1. The van der Waals surface area contributed by atoms with Crippen LogP contribution in [0.2, 0.25) is 0 Å². The van der Waals surface area contributed by atoms with Gasteiger partial charge in [0, 0.05) is 28.7 Å². The minimum Gasteiger partial charge on any atom is -0.494 e. The first kappa shape index (κ1) is 20.8. The molecule has 0 fully saturated rings. The Morgan fingerprint density at radius 2 is 2.00 bits per heavy atom. The lowest BCUT2D eigenvalue weighted by Crippen LogP contribution is -2.37. The number of aromatic amines is 1. The highest BCUT2D eigenvalue weighted by Crippen LogP contribution is 2.20. The smallest absolute Gasteiger partial charge is 0.253 e. The molecule has 3 rings (SSSR count). The van der Waals surface area contributed by atoms with E-state index in [2.05, 4.69) is 10.3 Å². The minimum atomic E-state index is -0.345. The van der Waals surface area contributed by atoms with Crippen molar-refractivity contribution in [3.05, 3.63) is 70.3 Å². The Labute approximate surface area is 172 Å². The predicted octanol–water partition coefficient (Wildman–Crippen LogP) is 3.26. The maximum absolute atomic E-state index is 13.1. The topological polar surface area (TPSA) is 77.6 Å². The monoisotopic (exact) mass is 415 g/mol. The van der Waals surface area contributed by atoms with Gasteiger partial charge in [0.15, 0.2) is 5.11 Å². The second-order valence-corrected chi connectivity index (χ2v) is 6.77. The Kier molecular flexibility index (Phi) is 6.79. The molecule has 0 aliphatic rings. The summed E-state index contributed by atoms with van der Waals surface area (Å²) in [6.07, 6.45) is 0. The first-order chi connectivity index (χ1) is 14.0. The quantitative estimate of drug-likeness (QED) is 0.514. The molecule has 0 saturated heterocycles. The van der Waals surface area contributed by atoms with Gasteiger partial charge in [0.2, 0.25) is 0 Å². The second kappa shape index (κ2) is 9.49. The number of benzene rings is 2. The Hall–Kier alpha value is -2.97. The number of rotatable bonds is 7. The minimum absolute atomic E-state index is 0.134. The summed E-state index contributed by atoms with van der Waals surface area (Å²) in [5.41, 5.74) is 1.60. The van der Waals surface area contributed by atoms with Crippen LogP contribution in [0.5, 0.6) is 5.75 Å². The van der Waals surface area contributed by atoms with Gasteiger partial charge >= 0.3 is 0 Å². The highest BCUT2D eigenvalue weighted by Gasteiger charge is 2.14. The van der Waals surface area contributed by atoms with Gasteiger partial charge in [-0.3, -0.25) is 4.79 Å². The van der Waals surface area contributed by atoms with Crippen LogP contribution in [0.3, 0.4) is 0 Å². The van der Waals surface area contributed by atoms with E-state index in [9.17, 15) is 14.3 Å². The second-order valence-electron chi connectivity index (χ2n) is 6.39. The maximum atomic E-state index is 13.1. The summed E-state index contributed by atoms with van der Waals surface area (Å²) in [6, 6.07) is 13.1. The third-order valence-electron chi connectivity index (χ3n) is 4.32. The molecule has 0 saturated carbocycles. The summed E-state index contributed by atoms with van der Waals surface area (Å²) in [5.74, 6) is 0.376. The largest absolute Gasteiger partial charge is 0.494 e. The number of H-pyrrole nitrogens is 1. The van der Waals surface area contributed by atoms with Crippen LogP contribution >= 0.6 is 12.2 Å². The zero-order valence-corrected chi connectivity index (χ0v) is 16.8. The van der Waals surface area contributed by atoms with E-state index >= 15 is 0 Å². The van der Waals surface area contributed by atoms with Crippen molar-refractivity contribution in [1.82, 2.24) is 9.88 Å². The van der Waals surface area contributed by atoms with Gasteiger partial charge in [0.1, 0.15) is 11.6 Å². The molecule has 152 valence electrons. The van der Waals surface area contributed by atoms with Crippen LogP contribution in [0, 0.1) is 5.82 Å². The van der Waals surface area contributed by atoms with Crippen LogP contribution < -0.4 is 15.6 Å². The van der Waals surface area contributed by atoms with Crippen molar-refractivity contribution in [2.45, 2.75) is 13.5 Å². The molecule has 0 aliphatic heterocycles. The van der Waals surface area contributed by atoms with Crippen molar-refractivity contribution in [2.24, 2.45) is 0 Å². The molecule has 2 aromatic carbocycles. The van der Waals surface area contributed by atoms with Gasteiger partial charge in [-0.1, -0.05) is 0 Å². The molecule has 8 heteroatoms. The third-order valence-corrected chi connectivity index (χ3v) is 4.68. The summed E-state index contributed by atoms with van der Waals surface area (Å²) >= 11 is 5.43. The van der Waals surface area contributed by atoms with E-state index in [1.807, 2.05) is 13.0 Å². The van der Waals surface area contributed by atoms with E-state index in [-0.39, 0.29) is 31.1 Å². The molecule has 1 aromatic heterocycles. The number of ether oxygens (including phenoxy) is 1. The fourth-order valence-electron chi connectivity index (χ4n) is 2.92. The molecule has 0 radical (unpaired) electrons. The lowest BCUT2D eigenvalue weighted by Gasteiger charge is -2.25. The Bertz CT molecular complexity index is 1050. The predicted molar refractivity (Wildman–Crippen MR) is 116 cm³/mol. The van der Waals surface area contributed by atoms with Crippen LogP contribution in [0.4, 0.5) is 10.1 Å². The molecule has 0 aliphatic carbocycles. The number of aromatic nitrogens is 1. The van der Waals surface area contributed by atoms with Gasteiger partial charge < -0.3 is 25.0 Å². The fraction of sp³-hybridized carbons (Fsp3) is 0.238. The summed E-state index contributed by atoms with van der Waals surface area (Å²) in [4.78, 5) is 17.1. The number of hydrogen-bond donors (Lipinski definition) is 3. The number of halogens is 1.